The van der Waals surface area contributed by atoms with Gasteiger partial charge in [-0.25, -0.2) is 13.4 Å². The smallest absolute Gasteiger partial charge is 0.261 e. The molecule has 1 aliphatic rings. The summed E-state index contributed by atoms with van der Waals surface area (Å²) in [5.41, 5.74) is 4.80. The van der Waals surface area contributed by atoms with E-state index in [-0.39, 0.29) is 4.90 Å². The maximum atomic E-state index is 12.5. The quantitative estimate of drug-likeness (QED) is 0.452. The fraction of sp³-hybridized carbons (Fsp3) is 0.375. The van der Waals surface area contributed by atoms with Crippen molar-refractivity contribution in [3.63, 3.8) is 0 Å². The van der Waals surface area contributed by atoms with Crippen LogP contribution in [0.1, 0.15) is 29.8 Å². The highest BCUT2D eigenvalue weighted by Gasteiger charge is 2.19. The molecule has 0 radical (unpaired) electrons. The van der Waals surface area contributed by atoms with E-state index >= 15 is 0 Å². The molecular formula is C24H30N4O2S2. The lowest BCUT2D eigenvalue weighted by Crippen LogP contribution is -2.42. The van der Waals surface area contributed by atoms with Gasteiger partial charge in [-0.05, 0) is 75.5 Å². The minimum atomic E-state index is -3.56. The van der Waals surface area contributed by atoms with Crippen LogP contribution in [0.15, 0.2) is 65.0 Å². The molecule has 2 heterocycles. The minimum Gasteiger partial charge on any atom is -0.371 e. The van der Waals surface area contributed by atoms with Crippen molar-refractivity contribution in [2.75, 3.05) is 29.3 Å². The second-order valence-corrected chi connectivity index (χ2v) is 10.8. The number of benzene rings is 2. The van der Waals surface area contributed by atoms with Crippen LogP contribution in [0.3, 0.4) is 0 Å². The van der Waals surface area contributed by atoms with E-state index in [0.717, 1.165) is 51.0 Å². The summed E-state index contributed by atoms with van der Waals surface area (Å²) < 4.78 is 27.6. The Labute approximate surface area is 194 Å². The second kappa shape index (κ2) is 10.5. The summed E-state index contributed by atoms with van der Waals surface area (Å²) in [6.45, 7) is 5.12. The number of nitrogens with zero attached hydrogens (tertiary/aromatic N) is 2. The van der Waals surface area contributed by atoms with E-state index in [9.17, 15) is 8.42 Å². The highest BCUT2D eigenvalue weighted by molar-refractivity contribution is 7.92. The summed E-state index contributed by atoms with van der Waals surface area (Å²) in [6, 6.07) is 16.6. The molecule has 0 bridgehead atoms. The molecule has 2 aromatic carbocycles. The van der Waals surface area contributed by atoms with Crippen LogP contribution in [0, 0.1) is 6.92 Å². The van der Waals surface area contributed by atoms with Gasteiger partial charge in [-0.15, -0.1) is 11.3 Å². The molecule has 0 saturated carbocycles. The van der Waals surface area contributed by atoms with Gasteiger partial charge in [0.05, 0.1) is 16.1 Å². The Morgan fingerprint density at radius 1 is 1.06 bits per heavy atom. The van der Waals surface area contributed by atoms with Crippen LogP contribution in [0.5, 0.6) is 0 Å². The third-order valence-electron chi connectivity index (χ3n) is 5.89. The van der Waals surface area contributed by atoms with Crippen LogP contribution in [-0.4, -0.2) is 39.1 Å². The van der Waals surface area contributed by atoms with Crippen molar-refractivity contribution in [1.82, 2.24) is 10.3 Å². The van der Waals surface area contributed by atoms with Gasteiger partial charge in [-0.2, -0.15) is 0 Å². The number of nitrogens with one attached hydrogen (secondary N) is 2. The first-order valence-corrected chi connectivity index (χ1v) is 13.4. The molecule has 32 heavy (non-hydrogen) atoms. The van der Waals surface area contributed by atoms with Crippen molar-refractivity contribution in [2.45, 2.75) is 43.5 Å². The first kappa shape index (κ1) is 22.8. The molecule has 1 aliphatic heterocycles. The Morgan fingerprint density at radius 2 is 1.78 bits per heavy atom. The number of anilines is 2. The lowest BCUT2D eigenvalue weighted by atomic mass is 10.0. The van der Waals surface area contributed by atoms with E-state index in [0.29, 0.717) is 11.7 Å². The summed E-state index contributed by atoms with van der Waals surface area (Å²) in [4.78, 5) is 8.35. The van der Waals surface area contributed by atoms with Gasteiger partial charge >= 0.3 is 0 Å². The van der Waals surface area contributed by atoms with Crippen LogP contribution in [0.25, 0.3) is 0 Å². The maximum Gasteiger partial charge on any atom is 0.261 e. The minimum absolute atomic E-state index is 0.265. The molecule has 0 spiro atoms. The third kappa shape index (κ3) is 5.88. The standard InChI is InChI=1S/C24H30N4O2S2/c1-19-24(31-18-26-19)8-5-15-25-20-13-16-28(17-14-20)22-11-9-21(10-12-22)27-32(29,30)23-6-3-2-4-7-23/h2-4,6-7,9-12,18,20,25,27H,5,8,13-17H2,1H3. The van der Waals surface area contributed by atoms with Crippen molar-refractivity contribution < 1.29 is 8.42 Å². The van der Waals surface area contributed by atoms with Gasteiger partial charge in [-0.3, -0.25) is 4.72 Å². The first-order valence-electron chi connectivity index (χ1n) is 11.1. The monoisotopic (exact) mass is 470 g/mol. The zero-order chi connectivity index (χ0) is 22.4. The van der Waals surface area contributed by atoms with Gasteiger partial charge in [0, 0.05) is 35.4 Å². The average Bonchev–Trinajstić information content (AvgIpc) is 3.23. The average molecular weight is 471 g/mol. The van der Waals surface area contributed by atoms with Gasteiger partial charge in [0.2, 0.25) is 0 Å². The molecule has 1 aromatic heterocycles. The van der Waals surface area contributed by atoms with Gasteiger partial charge in [0.15, 0.2) is 0 Å². The topological polar surface area (TPSA) is 74.3 Å². The Morgan fingerprint density at radius 3 is 2.44 bits per heavy atom. The largest absolute Gasteiger partial charge is 0.371 e. The predicted octanol–water partition coefficient (Wildman–Crippen LogP) is 4.44. The molecule has 0 atom stereocenters. The fourth-order valence-electron chi connectivity index (χ4n) is 4.02. The Kier molecular flexibility index (Phi) is 7.44. The number of aryl methyl sites for hydroxylation is 2. The van der Waals surface area contributed by atoms with Crippen LogP contribution < -0.4 is 14.9 Å². The molecule has 1 fully saturated rings. The van der Waals surface area contributed by atoms with E-state index in [1.807, 2.05) is 29.8 Å². The van der Waals surface area contributed by atoms with E-state index in [1.165, 1.54) is 10.6 Å². The molecule has 170 valence electrons. The van der Waals surface area contributed by atoms with Crippen molar-refractivity contribution in [3.8, 4) is 0 Å². The SMILES string of the molecule is Cc1ncsc1CCCNC1CCN(c2ccc(NS(=O)(=O)c3ccccc3)cc2)CC1. The predicted molar refractivity (Wildman–Crippen MR) is 132 cm³/mol. The summed E-state index contributed by atoms with van der Waals surface area (Å²) >= 11 is 1.75. The summed E-state index contributed by atoms with van der Waals surface area (Å²) in [7, 11) is -3.56. The Balaban J connectivity index is 1.22. The van der Waals surface area contributed by atoms with E-state index in [2.05, 4.69) is 26.8 Å². The Bertz CT molecular complexity index is 1090. The highest BCUT2D eigenvalue weighted by atomic mass is 32.2. The van der Waals surface area contributed by atoms with Crippen LogP contribution >= 0.6 is 11.3 Å². The fourth-order valence-corrected chi connectivity index (χ4v) is 5.92. The van der Waals surface area contributed by atoms with E-state index in [1.54, 1.807) is 41.7 Å². The molecular weight excluding hydrogens is 440 g/mol. The molecule has 0 aliphatic carbocycles. The number of rotatable bonds is 9. The van der Waals surface area contributed by atoms with E-state index in [4.69, 9.17) is 0 Å². The molecule has 0 amide bonds. The number of piperidine rings is 1. The first-order chi connectivity index (χ1) is 15.5. The third-order valence-corrected chi connectivity index (χ3v) is 8.28. The maximum absolute atomic E-state index is 12.5. The van der Waals surface area contributed by atoms with Crippen molar-refractivity contribution in [2.24, 2.45) is 0 Å². The van der Waals surface area contributed by atoms with Gasteiger partial charge in [-0.1, -0.05) is 18.2 Å². The summed E-state index contributed by atoms with van der Waals surface area (Å²) in [5, 5.41) is 3.71. The number of thiazole rings is 1. The number of hydrogen-bond acceptors (Lipinski definition) is 6. The lowest BCUT2D eigenvalue weighted by molar-refractivity contribution is 0.413. The van der Waals surface area contributed by atoms with Crippen molar-refractivity contribution >= 4 is 32.7 Å². The molecule has 0 unspecified atom stereocenters. The number of aromatic nitrogens is 1. The Hall–Kier alpha value is -2.42. The van der Waals surface area contributed by atoms with Gasteiger partial charge in [0.25, 0.3) is 10.0 Å². The molecule has 1 saturated heterocycles. The van der Waals surface area contributed by atoms with E-state index < -0.39 is 10.0 Å². The summed E-state index contributed by atoms with van der Waals surface area (Å²) in [6.07, 6.45) is 4.47. The number of sulfonamides is 1. The molecule has 3 aromatic rings. The zero-order valence-corrected chi connectivity index (χ0v) is 20.0. The molecule has 4 rings (SSSR count). The van der Waals surface area contributed by atoms with Crippen molar-refractivity contribution in [1.29, 1.82) is 0 Å². The molecule has 8 heteroatoms. The molecule has 2 N–H and O–H groups in total. The van der Waals surface area contributed by atoms with Crippen LogP contribution in [0.2, 0.25) is 0 Å². The second-order valence-electron chi connectivity index (χ2n) is 8.15. The van der Waals surface area contributed by atoms with Crippen LogP contribution in [0.4, 0.5) is 11.4 Å². The number of hydrogen-bond donors (Lipinski definition) is 2. The van der Waals surface area contributed by atoms with Gasteiger partial charge in [0.1, 0.15) is 0 Å². The normalized spacial score (nSPS) is 15.1. The highest BCUT2D eigenvalue weighted by Crippen LogP contribution is 2.24. The lowest BCUT2D eigenvalue weighted by Gasteiger charge is -2.34. The summed E-state index contributed by atoms with van der Waals surface area (Å²) in [5.74, 6) is 0. The van der Waals surface area contributed by atoms with Crippen LogP contribution in [-0.2, 0) is 16.4 Å². The molecule has 6 nitrogen and oxygen atoms in total. The van der Waals surface area contributed by atoms with Crippen molar-refractivity contribution in [3.05, 3.63) is 70.7 Å². The van der Waals surface area contributed by atoms with Gasteiger partial charge < -0.3 is 10.2 Å². The zero-order valence-electron chi connectivity index (χ0n) is 18.3.